The van der Waals surface area contributed by atoms with Gasteiger partial charge in [0.25, 0.3) is 5.91 Å². The number of carbonyl (C=O) groups is 1. The van der Waals surface area contributed by atoms with Crippen LogP contribution in [0.1, 0.15) is 34.6 Å². The van der Waals surface area contributed by atoms with Gasteiger partial charge in [0.15, 0.2) is 0 Å². The summed E-state index contributed by atoms with van der Waals surface area (Å²) >= 11 is 0. The average Bonchev–Trinajstić information content (AvgIpc) is 3.09. The van der Waals surface area contributed by atoms with Crippen molar-refractivity contribution in [2.45, 2.75) is 32.0 Å². The van der Waals surface area contributed by atoms with Crippen molar-refractivity contribution in [3.8, 4) is 0 Å². The van der Waals surface area contributed by atoms with Gasteiger partial charge in [0.1, 0.15) is 11.3 Å². The maximum absolute atomic E-state index is 12.9. The Morgan fingerprint density at radius 3 is 2.91 bits per heavy atom. The lowest BCUT2D eigenvalue weighted by Gasteiger charge is -2.12. The lowest BCUT2D eigenvalue weighted by molar-refractivity contribution is -0.137. The summed E-state index contributed by atoms with van der Waals surface area (Å²) in [5.41, 5.74) is -0.0217. The van der Waals surface area contributed by atoms with E-state index >= 15 is 0 Å². The highest BCUT2D eigenvalue weighted by molar-refractivity contribution is 5.94. The van der Waals surface area contributed by atoms with Crippen molar-refractivity contribution in [3.05, 3.63) is 35.3 Å². The van der Waals surface area contributed by atoms with Gasteiger partial charge in [-0.15, -0.1) is 0 Å². The van der Waals surface area contributed by atoms with Crippen LogP contribution in [-0.4, -0.2) is 34.5 Å². The number of fused-ring (bicyclic) bond motifs is 1. The predicted molar refractivity (Wildman–Crippen MR) is 76.2 cm³/mol. The van der Waals surface area contributed by atoms with Crippen molar-refractivity contribution in [3.63, 3.8) is 0 Å². The molecule has 1 N–H and O–H groups in total. The molecule has 0 spiro atoms. The van der Waals surface area contributed by atoms with Gasteiger partial charge in [0, 0.05) is 19.3 Å². The Bertz CT molecular complexity index is 733. The number of halogens is 3. The molecule has 1 unspecified atom stereocenters. The second kappa shape index (κ2) is 5.84. The predicted octanol–water partition coefficient (Wildman–Crippen LogP) is 2.57. The van der Waals surface area contributed by atoms with Gasteiger partial charge in [-0.2, -0.15) is 13.2 Å². The minimum atomic E-state index is -4.47. The standard InChI is InChI=1S/C15H16F3N3O2/c1-9-13(14(22)19-7-11-3-2-6-23-11)21-8-10(15(16,17)18)4-5-12(21)20-9/h4-5,8,11H,2-3,6-7H2,1H3,(H,19,22). The zero-order valence-electron chi connectivity index (χ0n) is 12.5. The smallest absolute Gasteiger partial charge is 0.376 e. The summed E-state index contributed by atoms with van der Waals surface area (Å²) < 4.78 is 45.2. The van der Waals surface area contributed by atoms with Gasteiger partial charge < -0.3 is 10.1 Å². The van der Waals surface area contributed by atoms with Crippen molar-refractivity contribution in [1.82, 2.24) is 14.7 Å². The van der Waals surface area contributed by atoms with Gasteiger partial charge in [-0.3, -0.25) is 9.20 Å². The molecule has 0 aliphatic carbocycles. The lowest BCUT2D eigenvalue weighted by Crippen LogP contribution is -2.32. The molecule has 124 valence electrons. The molecular formula is C15H16F3N3O2. The van der Waals surface area contributed by atoms with Crippen LogP contribution in [-0.2, 0) is 10.9 Å². The monoisotopic (exact) mass is 327 g/mol. The van der Waals surface area contributed by atoms with E-state index in [-0.39, 0.29) is 11.8 Å². The van der Waals surface area contributed by atoms with E-state index in [0.717, 1.165) is 25.1 Å². The summed E-state index contributed by atoms with van der Waals surface area (Å²) in [5, 5.41) is 2.71. The van der Waals surface area contributed by atoms with Gasteiger partial charge in [-0.1, -0.05) is 0 Å². The molecule has 5 nitrogen and oxygen atoms in total. The van der Waals surface area contributed by atoms with Crippen LogP contribution >= 0.6 is 0 Å². The number of alkyl halides is 3. The van der Waals surface area contributed by atoms with Crippen molar-refractivity contribution >= 4 is 11.6 Å². The molecule has 8 heteroatoms. The summed E-state index contributed by atoms with van der Waals surface area (Å²) in [6.07, 6.45) is -1.80. The summed E-state index contributed by atoms with van der Waals surface area (Å²) in [6, 6.07) is 2.21. The van der Waals surface area contributed by atoms with E-state index in [2.05, 4.69) is 10.3 Å². The van der Waals surface area contributed by atoms with E-state index in [1.54, 1.807) is 6.92 Å². The molecular weight excluding hydrogens is 311 g/mol. The van der Waals surface area contributed by atoms with E-state index in [0.29, 0.717) is 24.5 Å². The van der Waals surface area contributed by atoms with Gasteiger partial charge in [-0.05, 0) is 31.9 Å². The Kier molecular flexibility index (Phi) is 4.01. The molecule has 1 aliphatic heterocycles. The van der Waals surface area contributed by atoms with Crippen LogP contribution in [0.5, 0.6) is 0 Å². The first-order valence-corrected chi connectivity index (χ1v) is 7.32. The van der Waals surface area contributed by atoms with Gasteiger partial charge in [0.05, 0.1) is 17.4 Å². The van der Waals surface area contributed by atoms with E-state index < -0.39 is 17.6 Å². The minimum Gasteiger partial charge on any atom is -0.376 e. The highest BCUT2D eigenvalue weighted by Gasteiger charge is 2.31. The zero-order valence-corrected chi connectivity index (χ0v) is 12.5. The van der Waals surface area contributed by atoms with Crippen LogP contribution in [0.4, 0.5) is 13.2 Å². The summed E-state index contributed by atoms with van der Waals surface area (Å²) in [7, 11) is 0. The van der Waals surface area contributed by atoms with Crippen molar-refractivity contribution in [2.24, 2.45) is 0 Å². The van der Waals surface area contributed by atoms with Gasteiger partial charge in [0.2, 0.25) is 0 Å². The number of ether oxygens (including phenoxy) is 1. The van der Waals surface area contributed by atoms with Crippen molar-refractivity contribution < 1.29 is 22.7 Å². The number of rotatable bonds is 3. The number of amides is 1. The Morgan fingerprint density at radius 2 is 2.26 bits per heavy atom. The average molecular weight is 327 g/mol. The molecule has 3 rings (SSSR count). The van der Waals surface area contributed by atoms with Crippen LogP contribution < -0.4 is 5.32 Å². The molecule has 0 bridgehead atoms. The maximum atomic E-state index is 12.9. The molecule has 2 aromatic heterocycles. The highest BCUT2D eigenvalue weighted by atomic mass is 19.4. The SMILES string of the molecule is Cc1nc2ccc(C(F)(F)F)cn2c1C(=O)NCC1CCCO1. The molecule has 1 atom stereocenters. The Labute approximate surface area is 130 Å². The van der Waals surface area contributed by atoms with Crippen molar-refractivity contribution in [1.29, 1.82) is 0 Å². The lowest BCUT2D eigenvalue weighted by atomic mass is 10.2. The number of pyridine rings is 1. The largest absolute Gasteiger partial charge is 0.417 e. The van der Waals surface area contributed by atoms with Crippen LogP contribution in [0, 0.1) is 6.92 Å². The first kappa shape index (κ1) is 15.8. The fraction of sp³-hybridized carbons (Fsp3) is 0.467. The molecule has 23 heavy (non-hydrogen) atoms. The normalized spacial score (nSPS) is 18.5. The van der Waals surface area contributed by atoms with E-state index in [4.69, 9.17) is 4.74 Å². The number of nitrogens with zero attached hydrogens (tertiary/aromatic N) is 2. The summed E-state index contributed by atoms with van der Waals surface area (Å²) in [4.78, 5) is 16.5. The number of imidazole rings is 1. The molecule has 1 amide bonds. The third-order valence-corrected chi connectivity index (χ3v) is 3.85. The van der Waals surface area contributed by atoms with Crippen molar-refractivity contribution in [2.75, 3.05) is 13.2 Å². The zero-order chi connectivity index (χ0) is 16.6. The second-order valence-electron chi connectivity index (χ2n) is 5.53. The van der Waals surface area contributed by atoms with Crippen LogP contribution in [0.3, 0.4) is 0 Å². The van der Waals surface area contributed by atoms with Gasteiger partial charge >= 0.3 is 6.18 Å². The number of hydrogen-bond acceptors (Lipinski definition) is 3. The number of aryl methyl sites for hydroxylation is 1. The molecule has 1 saturated heterocycles. The molecule has 3 heterocycles. The third kappa shape index (κ3) is 3.17. The first-order valence-electron chi connectivity index (χ1n) is 7.32. The molecule has 1 fully saturated rings. The van der Waals surface area contributed by atoms with Gasteiger partial charge in [-0.25, -0.2) is 4.98 Å². The summed E-state index contributed by atoms with van der Waals surface area (Å²) in [6.45, 7) is 2.61. The number of hydrogen-bond donors (Lipinski definition) is 1. The van der Waals surface area contributed by atoms with E-state index in [1.807, 2.05) is 0 Å². The molecule has 0 radical (unpaired) electrons. The number of nitrogens with one attached hydrogen (secondary N) is 1. The topological polar surface area (TPSA) is 55.6 Å². The Hall–Kier alpha value is -2.09. The summed E-state index contributed by atoms with van der Waals surface area (Å²) in [5.74, 6) is -0.454. The quantitative estimate of drug-likeness (QED) is 0.943. The molecule has 0 aromatic carbocycles. The van der Waals surface area contributed by atoms with Crippen LogP contribution in [0.15, 0.2) is 18.3 Å². The van der Waals surface area contributed by atoms with Crippen LogP contribution in [0.2, 0.25) is 0 Å². The molecule has 0 saturated carbocycles. The fourth-order valence-electron chi connectivity index (χ4n) is 2.70. The highest BCUT2D eigenvalue weighted by Crippen LogP contribution is 2.29. The third-order valence-electron chi connectivity index (χ3n) is 3.85. The Balaban J connectivity index is 1.89. The number of carbonyl (C=O) groups excluding carboxylic acids is 1. The van der Waals surface area contributed by atoms with E-state index in [9.17, 15) is 18.0 Å². The molecule has 2 aromatic rings. The maximum Gasteiger partial charge on any atom is 0.417 e. The van der Waals surface area contributed by atoms with E-state index in [1.165, 1.54) is 10.5 Å². The molecule has 1 aliphatic rings. The van der Waals surface area contributed by atoms with Crippen LogP contribution in [0.25, 0.3) is 5.65 Å². The number of aromatic nitrogens is 2. The minimum absolute atomic E-state index is 0.0378. The second-order valence-corrected chi connectivity index (χ2v) is 5.53. The fourth-order valence-corrected chi connectivity index (χ4v) is 2.70. The Morgan fingerprint density at radius 1 is 1.48 bits per heavy atom. The first-order chi connectivity index (χ1) is 10.9.